The number of Topliss-reactive ketones (excluding diaryl/α,β-unsaturated/α-hetero) is 1. The van der Waals surface area contributed by atoms with Crippen molar-refractivity contribution in [2.75, 3.05) is 0 Å². The molecule has 1 aromatic carbocycles. The quantitative estimate of drug-likeness (QED) is 0.449. The second-order valence-corrected chi connectivity index (χ2v) is 7.33. The van der Waals surface area contributed by atoms with E-state index in [1.54, 1.807) is 10.7 Å². The lowest BCUT2D eigenvalue weighted by molar-refractivity contribution is 0.0995. The minimum Gasteiger partial charge on any atom is -0.360 e. The first-order chi connectivity index (χ1) is 12.0. The predicted molar refractivity (Wildman–Crippen MR) is 98.2 cm³/mol. The van der Waals surface area contributed by atoms with E-state index in [0.29, 0.717) is 16.5 Å². The van der Waals surface area contributed by atoms with Crippen molar-refractivity contribution in [3.05, 3.63) is 53.5 Å². The maximum Gasteiger partial charge on any atom is 0.253 e. The molecule has 1 unspecified atom stereocenters. The third-order valence-corrected chi connectivity index (χ3v) is 5.06. The third-order valence-electron chi connectivity index (χ3n) is 4.10. The smallest absolute Gasteiger partial charge is 0.253 e. The number of ketones is 1. The number of para-hydroxylation sites is 1. The summed E-state index contributed by atoms with van der Waals surface area (Å²) in [6.45, 7) is 5.77. The zero-order valence-corrected chi connectivity index (χ0v) is 15.0. The fourth-order valence-electron chi connectivity index (χ4n) is 2.90. The Kier molecular flexibility index (Phi) is 3.80. The largest absolute Gasteiger partial charge is 0.360 e. The van der Waals surface area contributed by atoms with E-state index >= 15 is 0 Å². The molecule has 0 aliphatic rings. The molecule has 3 aromatic heterocycles. The Morgan fingerprint density at radius 1 is 1.24 bits per heavy atom. The molecule has 6 nitrogen and oxygen atoms in total. The summed E-state index contributed by atoms with van der Waals surface area (Å²) in [5.74, 6) is 0.619. The van der Waals surface area contributed by atoms with Crippen molar-refractivity contribution in [1.29, 1.82) is 0 Å². The molecule has 7 heteroatoms. The molecule has 0 aliphatic heterocycles. The molecule has 0 radical (unpaired) electrons. The number of hydrogen-bond donors (Lipinski definition) is 1. The number of aromatic amines is 1. The summed E-state index contributed by atoms with van der Waals surface area (Å²) in [5, 5.41) is 5.67. The summed E-state index contributed by atoms with van der Waals surface area (Å²) in [7, 11) is 0. The van der Waals surface area contributed by atoms with Gasteiger partial charge in [-0.1, -0.05) is 30.0 Å². The Balaban J connectivity index is 1.62. The summed E-state index contributed by atoms with van der Waals surface area (Å²) >= 11 is 1.35. The van der Waals surface area contributed by atoms with Crippen molar-refractivity contribution in [3.63, 3.8) is 0 Å². The number of fused-ring (bicyclic) bond motifs is 2. The molecule has 1 N–H and O–H groups in total. The van der Waals surface area contributed by atoms with E-state index in [9.17, 15) is 4.79 Å². The standard InChI is InChI=1S/C18H17N5OS/c1-10-8-11(2)23-17(20-10)21-18(22-23)25-12(3)16(24)14-9-19-15-7-5-4-6-13(14)15/h4-9,12,19H,1-3H3. The number of hydrogen-bond acceptors (Lipinski definition) is 5. The number of rotatable bonds is 4. The van der Waals surface area contributed by atoms with Crippen LogP contribution in [-0.4, -0.2) is 35.6 Å². The highest BCUT2D eigenvalue weighted by molar-refractivity contribution is 8.00. The van der Waals surface area contributed by atoms with Gasteiger partial charge in [0.2, 0.25) is 5.16 Å². The fraction of sp³-hybridized carbons (Fsp3) is 0.222. The molecule has 0 aliphatic carbocycles. The fourth-order valence-corrected chi connectivity index (χ4v) is 3.72. The van der Waals surface area contributed by atoms with Gasteiger partial charge in [-0.3, -0.25) is 4.79 Å². The zero-order chi connectivity index (χ0) is 17.6. The van der Waals surface area contributed by atoms with Gasteiger partial charge in [-0.15, -0.1) is 5.10 Å². The lowest BCUT2D eigenvalue weighted by Crippen LogP contribution is -2.13. The van der Waals surface area contributed by atoms with Gasteiger partial charge in [-0.25, -0.2) is 9.50 Å². The second kappa shape index (κ2) is 6.00. The zero-order valence-electron chi connectivity index (χ0n) is 14.1. The molecular weight excluding hydrogens is 334 g/mol. The molecule has 25 heavy (non-hydrogen) atoms. The SMILES string of the molecule is Cc1cc(C)n2nc(SC(C)C(=O)c3c[nH]c4ccccc34)nc2n1. The van der Waals surface area contributed by atoms with Gasteiger partial charge in [-0.05, 0) is 32.9 Å². The maximum atomic E-state index is 12.8. The van der Waals surface area contributed by atoms with Crippen LogP contribution in [0, 0.1) is 13.8 Å². The Hall–Kier alpha value is -2.67. The molecule has 0 spiro atoms. The first-order valence-corrected chi connectivity index (χ1v) is 8.89. The molecule has 0 fully saturated rings. The third kappa shape index (κ3) is 2.80. The topological polar surface area (TPSA) is 75.9 Å². The van der Waals surface area contributed by atoms with Gasteiger partial charge >= 0.3 is 0 Å². The number of thioether (sulfide) groups is 1. The van der Waals surface area contributed by atoms with E-state index in [2.05, 4.69) is 20.1 Å². The van der Waals surface area contributed by atoms with E-state index in [1.165, 1.54) is 11.8 Å². The number of carbonyl (C=O) groups is 1. The minimum atomic E-state index is -0.293. The van der Waals surface area contributed by atoms with Crippen molar-refractivity contribution >= 4 is 34.2 Å². The van der Waals surface area contributed by atoms with Crippen LogP contribution >= 0.6 is 11.8 Å². The molecular formula is C18H17N5OS. The number of benzene rings is 1. The number of carbonyl (C=O) groups excluding carboxylic acids is 1. The highest BCUT2D eigenvalue weighted by Crippen LogP contribution is 2.26. The van der Waals surface area contributed by atoms with Crippen LogP contribution in [0.5, 0.6) is 0 Å². The highest BCUT2D eigenvalue weighted by atomic mass is 32.2. The lowest BCUT2D eigenvalue weighted by Gasteiger charge is -2.06. The molecule has 0 bridgehead atoms. The summed E-state index contributed by atoms with van der Waals surface area (Å²) in [5.41, 5.74) is 3.53. The molecule has 4 rings (SSSR count). The van der Waals surface area contributed by atoms with Gasteiger partial charge in [0.1, 0.15) is 0 Å². The Morgan fingerprint density at radius 2 is 2.04 bits per heavy atom. The van der Waals surface area contributed by atoms with Crippen LogP contribution < -0.4 is 0 Å². The Labute approximate surface area is 148 Å². The second-order valence-electron chi connectivity index (χ2n) is 6.02. The van der Waals surface area contributed by atoms with Crippen LogP contribution in [0.2, 0.25) is 0 Å². The van der Waals surface area contributed by atoms with Crippen LogP contribution in [0.15, 0.2) is 41.7 Å². The van der Waals surface area contributed by atoms with Gasteiger partial charge < -0.3 is 4.98 Å². The number of aromatic nitrogens is 5. The van der Waals surface area contributed by atoms with E-state index in [4.69, 9.17) is 0 Å². The van der Waals surface area contributed by atoms with Crippen LogP contribution in [0.4, 0.5) is 0 Å². The first-order valence-electron chi connectivity index (χ1n) is 8.01. The summed E-state index contributed by atoms with van der Waals surface area (Å²) in [6.07, 6.45) is 1.77. The van der Waals surface area contributed by atoms with Crippen LogP contribution in [0.3, 0.4) is 0 Å². The molecule has 126 valence electrons. The normalized spacial score (nSPS) is 12.8. The molecule has 3 heterocycles. The number of nitrogens with one attached hydrogen (secondary N) is 1. The summed E-state index contributed by atoms with van der Waals surface area (Å²) in [6, 6.07) is 9.76. The van der Waals surface area contributed by atoms with Gasteiger partial charge in [0.05, 0.1) is 5.25 Å². The number of H-pyrrole nitrogens is 1. The van der Waals surface area contributed by atoms with Crippen LogP contribution in [0.25, 0.3) is 16.7 Å². The Morgan fingerprint density at radius 3 is 2.88 bits per heavy atom. The maximum absolute atomic E-state index is 12.8. The number of aryl methyl sites for hydroxylation is 2. The van der Waals surface area contributed by atoms with Crippen LogP contribution in [0.1, 0.15) is 28.7 Å². The van der Waals surface area contributed by atoms with E-state index < -0.39 is 0 Å². The monoisotopic (exact) mass is 351 g/mol. The van der Waals surface area contributed by atoms with Gasteiger partial charge in [0.25, 0.3) is 5.78 Å². The van der Waals surface area contributed by atoms with Crippen molar-refractivity contribution in [1.82, 2.24) is 24.6 Å². The summed E-state index contributed by atoms with van der Waals surface area (Å²) in [4.78, 5) is 24.8. The number of nitrogens with zero attached hydrogens (tertiary/aromatic N) is 4. The molecule has 0 amide bonds. The average molecular weight is 351 g/mol. The van der Waals surface area contributed by atoms with Crippen molar-refractivity contribution in [2.24, 2.45) is 0 Å². The van der Waals surface area contributed by atoms with Crippen molar-refractivity contribution < 1.29 is 4.79 Å². The van der Waals surface area contributed by atoms with Gasteiger partial charge in [0, 0.05) is 34.1 Å². The average Bonchev–Trinajstić information content (AvgIpc) is 3.18. The van der Waals surface area contributed by atoms with Crippen molar-refractivity contribution in [3.8, 4) is 0 Å². The first kappa shape index (κ1) is 15.8. The molecule has 0 saturated carbocycles. The highest BCUT2D eigenvalue weighted by Gasteiger charge is 2.22. The van der Waals surface area contributed by atoms with Gasteiger partial charge in [-0.2, -0.15) is 4.98 Å². The minimum absolute atomic E-state index is 0.0576. The Bertz CT molecular complexity index is 1100. The van der Waals surface area contributed by atoms with E-state index in [1.807, 2.05) is 51.1 Å². The van der Waals surface area contributed by atoms with Crippen LogP contribution in [-0.2, 0) is 0 Å². The van der Waals surface area contributed by atoms with Crippen molar-refractivity contribution in [2.45, 2.75) is 31.2 Å². The molecule has 0 saturated heterocycles. The molecule has 4 aromatic rings. The van der Waals surface area contributed by atoms with E-state index in [-0.39, 0.29) is 11.0 Å². The lowest BCUT2D eigenvalue weighted by atomic mass is 10.1. The summed E-state index contributed by atoms with van der Waals surface area (Å²) < 4.78 is 1.71. The molecule has 1 atom stereocenters. The van der Waals surface area contributed by atoms with E-state index in [0.717, 1.165) is 22.3 Å². The van der Waals surface area contributed by atoms with Gasteiger partial charge in [0.15, 0.2) is 5.78 Å². The predicted octanol–water partition coefficient (Wildman–Crippen LogP) is 3.59.